The van der Waals surface area contributed by atoms with Crippen molar-refractivity contribution in [3.8, 4) is 33.8 Å². The number of aryl methyl sites for hydroxylation is 8. The van der Waals surface area contributed by atoms with Crippen LogP contribution < -0.4 is 14.4 Å². The summed E-state index contributed by atoms with van der Waals surface area (Å²) in [7, 11) is 3.50. The van der Waals surface area contributed by atoms with Gasteiger partial charge in [-0.15, -0.1) is 0 Å². The fourth-order valence-electron chi connectivity index (χ4n) is 8.58. The third-order valence-electron chi connectivity index (χ3n) is 11.6. The summed E-state index contributed by atoms with van der Waals surface area (Å²) in [6, 6.07) is 45.7. The number of anilines is 1. The molecule has 9 aliphatic rings. The fourth-order valence-corrected chi connectivity index (χ4v) is 8.58. The van der Waals surface area contributed by atoms with Gasteiger partial charge in [0, 0.05) is 0 Å². The Hall–Kier alpha value is -5.61. The summed E-state index contributed by atoms with van der Waals surface area (Å²) in [6.07, 6.45) is 10.4. The second-order valence-electron chi connectivity index (χ2n) is 14.9. The van der Waals surface area contributed by atoms with Crippen LogP contribution in [0.15, 0.2) is 121 Å². The van der Waals surface area contributed by atoms with Crippen LogP contribution in [0, 0.1) is 0 Å². The molecule has 4 nitrogen and oxygen atoms in total. The third-order valence-corrected chi connectivity index (χ3v) is 11.6. The number of hydrogen-bond acceptors (Lipinski definition) is 3. The summed E-state index contributed by atoms with van der Waals surface area (Å²) < 4.78 is 13.7. The van der Waals surface area contributed by atoms with Crippen molar-refractivity contribution in [1.82, 2.24) is 0 Å². The van der Waals surface area contributed by atoms with E-state index in [2.05, 4.69) is 125 Å². The first-order chi connectivity index (χ1) is 26.1. The molecule has 1 aliphatic heterocycles. The Morgan fingerprint density at radius 3 is 1.55 bits per heavy atom. The summed E-state index contributed by atoms with van der Waals surface area (Å²) in [6.45, 7) is 1.95. The molecule has 0 fully saturated rings. The Morgan fingerprint density at radius 1 is 0.472 bits per heavy atom. The molecule has 0 radical (unpaired) electrons. The minimum Gasteiger partial charge on any atom is -0.497 e. The van der Waals surface area contributed by atoms with Gasteiger partial charge in [0.05, 0.1) is 14.2 Å². The first-order valence-corrected chi connectivity index (χ1v) is 19.2. The molecule has 0 unspecified atom stereocenters. The maximum atomic E-state index is 5.60. The van der Waals surface area contributed by atoms with Gasteiger partial charge in [-0.25, -0.2) is 9.48 Å². The Bertz CT molecular complexity index is 2350. The molecule has 0 atom stereocenters. The summed E-state index contributed by atoms with van der Waals surface area (Å²) >= 11 is 0. The van der Waals surface area contributed by atoms with E-state index in [1.807, 2.05) is 12.1 Å². The quantitative estimate of drug-likeness (QED) is 0.162. The highest BCUT2D eigenvalue weighted by Crippen LogP contribution is 2.35. The first-order valence-electron chi connectivity index (χ1n) is 19.2. The SMILES string of the molecule is COc1cccc(-c2cc3ccc2CCc2ccc(cc2N2C=[N+](c4cc5ccc4CCc4ccc(cc4-c4cccc(OC)c4)CC5)CC2)CC3)c1. The summed E-state index contributed by atoms with van der Waals surface area (Å²) in [5.74, 6) is 1.80. The van der Waals surface area contributed by atoms with Crippen LogP contribution in [0.3, 0.4) is 0 Å². The van der Waals surface area contributed by atoms with Crippen molar-refractivity contribution in [2.45, 2.75) is 51.4 Å². The molecular weight excluding hydrogens is 649 g/mol. The Labute approximate surface area is 314 Å². The lowest BCUT2D eigenvalue weighted by molar-refractivity contribution is -0.424. The van der Waals surface area contributed by atoms with Crippen LogP contribution >= 0.6 is 0 Å². The normalized spacial score (nSPS) is 15.1. The number of hydrogen-bond donors (Lipinski definition) is 0. The molecule has 0 spiro atoms. The van der Waals surface area contributed by atoms with Crippen molar-refractivity contribution in [2.75, 3.05) is 32.2 Å². The van der Waals surface area contributed by atoms with Crippen LogP contribution in [0.4, 0.5) is 11.4 Å². The molecule has 8 aliphatic carbocycles. The molecule has 0 N–H and O–H groups in total. The highest BCUT2D eigenvalue weighted by atomic mass is 16.5. The van der Waals surface area contributed by atoms with E-state index in [4.69, 9.17) is 9.47 Å². The second kappa shape index (κ2) is 14.4. The highest BCUT2D eigenvalue weighted by molar-refractivity contribution is 5.80. The Kier molecular flexibility index (Phi) is 9.05. The number of nitrogens with zero attached hydrogens (tertiary/aromatic N) is 2. The molecule has 0 saturated carbocycles. The van der Waals surface area contributed by atoms with E-state index < -0.39 is 0 Å². The molecule has 0 saturated heterocycles. The van der Waals surface area contributed by atoms with Crippen LogP contribution in [0.25, 0.3) is 22.3 Å². The molecule has 264 valence electrons. The Balaban J connectivity index is 1.02. The number of rotatable bonds is 6. The van der Waals surface area contributed by atoms with E-state index in [-0.39, 0.29) is 0 Å². The summed E-state index contributed by atoms with van der Waals surface area (Å²) in [5.41, 5.74) is 19.0. The average Bonchev–Trinajstić information content (AvgIpc) is 3.70. The Morgan fingerprint density at radius 2 is 0.962 bits per heavy atom. The maximum absolute atomic E-state index is 5.60. The second-order valence-corrected chi connectivity index (χ2v) is 14.9. The zero-order valence-electron chi connectivity index (χ0n) is 30.9. The lowest BCUT2D eigenvalue weighted by atomic mass is 9.90. The van der Waals surface area contributed by atoms with Gasteiger partial charge in [-0.2, -0.15) is 0 Å². The van der Waals surface area contributed by atoms with Crippen molar-refractivity contribution in [3.63, 3.8) is 0 Å². The zero-order chi connectivity index (χ0) is 35.7. The molecule has 6 aromatic rings. The van der Waals surface area contributed by atoms with Gasteiger partial charge in [0.2, 0.25) is 6.34 Å². The molecule has 8 bridgehead atoms. The first kappa shape index (κ1) is 33.2. The lowest BCUT2D eigenvalue weighted by Gasteiger charge is -2.18. The van der Waals surface area contributed by atoms with Crippen LogP contribution in [0.5, 0.6) is 11.5 Å². The molecule has 0 amide bonds. The van der Waals surface area contributed by atoms with Gasteiger partial charge in [-0.3, -0.25) is 0 Å². The van der Waals surface area contributed by atoms with Crippen molar-refractivity contribution >= 4 is 17.7 Å². The van der Waals surface area contributed by atoms with Crippen molar-refractivity contribution in [2.24, 2.45) is 0 Å². The van der Waals surface area contributed by atoms with Gasteiger partial charge < -0.3 is 9.47 Å². The van der Waals surface area contributed by atoms with Gasteiger partial charge in [0.25, 0.3) is 0 Å². The summed E-state index contributed by atoms with van der Waals surface area (Å²) in [5, 5.41) is 0. The predicted octanol–water partition coefficient (Wildman–Crippen LogP) is 10.00. The van der Waals surface area contributed by atoms with Crippen LogP contribution in [-0.2, 0) is 51.4 Å². The maximum Gasteiger partial charge on any atom is 0.244 e. The number of ether oxygens (including phenoxy) is 2. The van der Waals surface area contributed by atoms with E-state index >= 15 is 0 Å². The molecule has 6 aromatic carbocycles. The van der Waals surface area contributed by atoms with Gasteiger partial charge in [-0.05, 0) is 155 Å². The fraction of sp³-hybridized carbons (Fsp3) is 0.245. The zero-order valence-corrected chi connectivity index (χ0v) is 30.9. The minimum atomic E-state index is 0.902. The van der Waals surface area contributed by atoms with Crippen LogP contribution in [-0.4, -0.2) is 38.2 Å². The predicted molar refractivity (Wildman–Crippen MR) is 218 cm³/mol. The van der Waals surface area contributed by atoms with Crippen molar-refractivity contribution < 1.29 is 14.0 Å². The topological polar surface area (TPSA) is 24.7 Å². The van der Waals surface area contributed by atoms with Crippen LogP contribution in [0.1, 0.15) is 44.5 Å². The van der Waals surface area contributed by atoms with Crippen molar-refractivity contribution in [1.29, 1.82) is 0 Å². The smallest absolute Gasteiger partial charge is 0.244 e. The molecule has 0 aromatic heterocycles. The summed E-state index contributed by atoms with van der Waals surface area (Å²) in [4.78, 5) is 2.52. The van der Waals surface area contributed by atoms with Crippen LogP contribution in [0.2, 0.25) is 0 Å². The van der Waals surface area contributed by atoms with E-state index in [9.17, 15) is 0 Å². The molecule has 1 heterocycles. The number of methoxy groups -OCH3 is 2. The minimum absolute atomic E-state index is 0.902. The highest BCUT2D eigenvalue weighted by Gasteiger charge is 2.27. The van der Waals surface area contributed by atoms with Gasteiger partial charge >= 0.3 is 0 Å². The monoisotopic (exact) mass is 695 g/mol. The molecular formula is C49H47N2O2+. The van der Waals surface area contributed by atoms with E-state index in [1.165, 1.54) is 78.1 Å². The molecule has 4 heteroatoms. The van der Waals surface area contributed by atoms with E-state index in [1.54, 1.807) is 14.2 Å². The van der Waals surface area contributed by atoms with Gasteiger partial charge in [0.1, 0.15) is 36.0 Å². The third kappa shape index (κ3) is 6.87. The standard InChI is InChI=1S/C49H47N2O2/c1-52-44-7-3-5-42(31-44)46-27-34-9-11-36-15-19-40(23-21-38(46)17-13-34)48(29-36)50-25-26-51(33-50)49-30-37-12-10-35-14-18-39(22-24-41(49)20-16-37)47(28-35)43-6-4-8-45(32-43)53-2/h3-8,13-20,27-33H,9-12,21-26H2,1-2H3/q+1. The van der Waals surface area contributed by atoms with Gasteiger partial charge in [-0.1, -0.05) is 84.9 Å². The molecule has 53 heavy (non-hydrogen) atoms. The largest absolute Gasteiger partial charge is 0.497 e. The lowest BCUT2D eigenvalue weighted by Crippen LogP contribution is -2.20. The average molecular weight is 696 g/mol. The van der Waals surface area contributed by atoms with Gasteiger partial charge in [0.15, 0.2) is 0 Å². The molecule has 15 rings (SSSR count). The van der Waals surface area contributed by atoms with E-state index in [0.717, 1.165) is 76.0 Å². The van der Waals surface area contributed by atoms with E-state index in [0.29, 0.717) is 0 Å². The van der Waals surface area contributed by atoms with Crippen molar-refractivity contribution in [3.05, 3.63) is 166 Å². The number of benzene rings is 6.